The Labute approximate surface area is 114 Å². The standard InChI is InChI=1S/C13H15BrFN3/c1-8(2)16-7-10-6-13(18-17-10)11-4-3-9(15)5-12(11)14/h3-6,8,16H,7H2,1-2H3,(H,17,18). The molecule has 1 heterocycles. The third-order valence-electron chi connectivity index (χ3n) is 2.54. The number of nitrogens with zero attached hydrogens (tertiary/aromatic N) is 1. The van der Waals surface area contributed by atoms with Crippen molar-refractivity contribution in [3.8, 4) is 11.3 Å². The molecule has 2 aromatic rings. The highest BCUT2D eigenvalue weighted by Gasteiger charge is 2.08. The molecule has 0 atom stereocenters. The highest BCUT2D eigenvalue weighted by molar-refractivity contribution is 9.10. The van der Waals surface area contributed by atoms with Gasteiger partial charge in [-0.05, 0) is 40.2 Å². The molecule has 0 saturated carbocycles. The number of aromatic nitrogens is 2. The van der Waals surface area contributed by atoms with Crippen LogP contribution in [0.15, 0.2) is 28.7 Å². The molecule has 2 rings (SSSR count). The number of benzene rings is 1. The van der Waals surface area contributed by atoms with Crippen molar-refractivity contribution in [1.29, 1.82) is 0 Å². The van der Waals surface area contributed by atoms with Crippen molar-refractivity contribution in [3.05, 3.63) is 40.2 Å². The van der Waals surface area contributed by atoms with Crippen LogP contribution < -0.4 is 5.32 Å². The lowest BCUT2D eigenvalue weighted by Gasteiger charge is -2.04. The minimum Gasteiger partial charge on any atom is -0.309 e. The lowest BCUT2D eigenvalue weighted by atomic mass is 10.1. The maximum Gasteiger partial charge on any atom is 0.124 e. The van der Waals surface area contributed by atoms with E-state index in [0.717, 1.165) is 23.5 Å². The van der Waals surface area contributed by atoms with Gasteiger partial charge in [-0.15, -0.1) is 0 Å². The van der Waals surface area contributed by atoms with Crippen molar-refractivity contribution >= 4 is 15.9 Å². The quantitative estimate of drug-likeness (QED) is 0.907. The number of hydrogen-bond acceptors (Lipinski definition) is 2. The summed E-state index contributed by atoms with van der Waals surface area (Å²) in [6.45, 7) is 4.92. The fourth-order valence-corrected chi connectivity index (χ4v) is 2.16. The molecule has 1 aromatic carbocycles. The predicted molar refractivity (Wildman–Crippen MR) is 73.7 cm³/mol. The van der Waals surface area contributed by atoms with Gasteiger partial charge in [-0.3, -0.25) is 5.10 Å². The molecule has 96 valence electrons. The van der Waals surface area contributed by atoms with E-state index in [1.54, 1.807) is 6.07 Å². The second-order valence-corrected chi connectivity index (χ2v) is 5.29. The Balaban J connectivity index is 2.18. The Bertz CT molecular complexity index is 537. The van der Waals surface area contributed by atoms with Gasteiger partial charge in [-0.25, -0.2) is 4.39 Å². The molecule has 0 aliphatic heterocycles. The smallest absolute Gasteiger partial charge is 0.124 e. The number of hydrogen-bond donors (Lipinski definition) is 2. The van der Waals surface area contributed by atoms with Gasteiger partial charge >= 0.3 is 0 Å². The number of H-pyrrole nitrogens is 1. The first-order valence-corrected chi connectivity index (χ1v) is 6.58. The molecule has 0 radical (unpaired) electrons. The second kappa shape index (κ2) is 5.63. The van der Waals surface area contributed by atoms with Crippen LogP contribution in [-0.2, 0) is 6.54 Å². The molecule has 0 amide bonds. The monoisotopic (exact) mass is 311 g/mol. The first-order chi connectivity index (χ1) is 8.56. The normalized spacial score (nSPS) is 11.2. The van der Waals surface area contributed by atoms with Gasteiger partial charge in [0.2, 0.25) is 0 Å². The highest BCUT2D eigenvalue weighted by atomic mass is 79.9. The third kappa shape index (κ3) is 3.17. The lowest BCUT2D eigenvalue weighted by molar-refractivity contribution is 0.580. The summed E-state index contributed by atoms with van der Waals surface area (Å²) in [5.41, 5.74) is 2.70. The minimum absolute atomic E-state index is 0.261. The fraction of sp³-hybridized carbons (Fsp3) is 0.308. The molecule has 0 bridgehead atoms. The van der Waals surface area contributed by atoms with Gasteiger partial charge in [0.25, 0.3) is 0 Å². The second-order valence-electron chi connectivity index (χ2n) is 4.44. The van der Waals surface area contributed by atoms with Crippen molar-refractivity contribution in [2.45, 2.75) is 26.4 Å². The average molecular weight is 312 g/mol. The van der Waals surface area contributed by atoms with E-state index in [2.05, 4.69) is 45.3 Å². The van der Waals surface area contributed by atoms with E-state index in [1.165, 1.54) is 12.1 Å². The molecule has 2 N–H and O–H groups in total. The number of aromatic amines is 1. The molecule has 0 aliphatic carbocycles. The van der Waals surface area contributed by atoms with E-state index in [0.29, 0.717) is 10.5 Å². The van der Waals surface area contributed by atoms with Crippen LogP contribution in [0.25, 0.3) is 11.3 Å². The molecule has 0 saturated heterocycles. The van der Waals surface area contributed by atoms with Crippen LogP contribution in [-0.4, -0.2) is 16.2 Å². The van der Waals surface area contributed by atoms with Gasteiger partial charge in [-0.1, -0.05) is 13.8 Å². The number of halogens is 2. The summed E-state index contributed by atoms with van der Waals surface area (Å²) in [7, 11) is 0. The van der Waals surface area contributed by atoms with Crippen molar-refractivity contribution in [2.75, 3.05) is 0 Å². The molecule has 0 unspecified atom stereocenters. The van der Waals surface area contributed by atoms with Gasteiger partial charge in [0.1, 0.15) is 5.82 Å². The van der Waals surface area contributed by atoms with Gasteiger partial charge < -0.3 is 5.32 Å². The van der Waals surface area contributed by atoms with E-state index >= 15 is 0 Å². The van der Waals surface area contributed by atoms with E-state index in [4.69, 9.17) is 0 Å². The van der Waals surface area contributed by atoms with Gasteiger partial charge in [0.05, 0.1) is 5.69 Å². The topological polar surface area (TPSA) is 40.7 Å². The lowest BCUT2D eigenvalue weighted by Crippen LogP contribution is -2.21. The van der Waals surface area contributed by atoms with E-state index in [1.807, 2.05) is 6.07 Å². The van der Waals surface area contributed by atoms with E-state index < -0.39 is 0 Å². The fourth-order valence-electron chi connectivity index (χ4n) is 1.60. The maximum absolute atomic E-state index is 13.0. The summed E-state index contributed by atoms with van der Waals surface area (Å²) in [6, 6.07) is 6.98. The van der Waals surface area contributed by atoms with Crippen molar-refractivity contribution in [2.24, 2.45) is 0 Å². The summed E-state index contributed by atoms with van der Waals surface area (Å²) in [5, 5.41) is 10.5. The SMILES string of the molecule is CC(C)NCc1cc(-c2ccc(F)cc2Br)n[nH]1. The Morgan fingerprint density at radius 3 is 2.83 bits per heavy atom. The zero-order valence-corrected chi connectivity index (χ0v) is 11.9. The van der Waals surface area contributed by atoms with Crippen LogP contribution in [0.3, 0.4) is 0 Å². The zero-order valence-electron chi connectivity index (χ0n) is 10.3. The molecule has 0 fully saturated rings. The highest BCUT2D eigenvalue weighted by Crippen LogP contribution is 2.27. The number of nitrogens with one attached hydrogen (secondary N) is 2. The Hall–Kier alpha value is -1.20. The van der Waals surface area contributed by atoms with Crippen LogP contribution in [0.5, 0.6) is 0 Å². The van der Waals surface area contributed by atoms with Crippen LogP contribution in [0.4, 0.5) is 4.39 Å². The van der Waals surface area contributed by atoms with Crippen molar-refractivity contribution in [3.63, 3.8) is 0 Å². The first-order valence-electron chi connectivity index (χ1n) is 5.79. The Morgan fingerprint density at radius 1 is 1.39 bits per heavy atom. The molecule has 1 aromatic heterocycles. The molecule has 0 aliphatic rings. The largest absolute Gasteiger partial charge is 0.309 e. The summed E-state index contributed by atoms with van der Waals surface area (Å²) >= 11 is 3.35. The van der Waals surface area contributed by atoms with Crippen LogP contribution in [0.2, 0.25) is 0 Å². The van der Waals surface area contributed by atoms with Crippen molar-refractivity contribution < 1.29 is 4.39 Å². The Kier molecular flexibility index (Phi) is 4.14. The summed E-state index contributed by atoms with van der Waals surface area (Å²) in [5.74, 6) is -0.261. The molecular weight excluding hydrogens is 297 g/mol. The average Bonchev–Trinajstić information content (AvgIpc) is 2.75. The molecule has 5 heteroatoms. The van der Waals surface area contributed by atoms with Crippen LogP contribution >= 0.6 is 15.9 Å². The molecule has 18 heavy (non-hydrogen) atoms. The van der Waals surface area contributed by atoms with E-state index in [-0.39, 0.29) is 5.82 Å². The first kappa shape index (κ1) is 13.2. The van der Waals surface area contributed by atoms with Crippen LogP contribution in [0.1, 0.15) is 19.5 Å². The van der Waals surface area contributed by atoms with Crippen molar-refractivity contribution in [1.82, 2.24) is 15.5 Å². The predicted octanol–water partition coefficient (Wildman–Crippen LogP) is 3.48. The maximum atomic E-state index is 13.0. The van der Waals surface area contributed by atoms with Gasteiger partial charge in [-0.2, -0.15) is 5.10 Å². The van der Waals surface area contributed by atoms with E-state index in [9.17, 15) is 4.39 Å². The minimum atomic E-state index is -0.261. The van der Waals surface area contributed by atoms with Crippen LogP contribution in [0, 0.1) is 5.82 Å². The van der Waals surface area contributed by atoms with Gasteiger partial charge in [0, 0.05) is 28.3 Å². The molecular formula is C13H15BrFN3. The van der Waals surface area contributed by atoms with Gasteiger partial charge in [0.15, 0.2) is 0 Å². The Morgan fingerprint density at radius 2 is 2.17 bits per heavy atom. The summed E-state index contributed by atoms with van der Waals surface area (Å²) in [6.07, 6.45) is 0. The number of rotatable bonds is 4. The molecule has 0 spiro atoms. The summed E-state index contributed by atoms with van der Waals surface area (Å²) in [4.78, 5) is 0. The molecule has 3 nitrogen and oxygen atoms in total. The summed E-state index contributed by atoms with van der Waals surface area (Å²) < 4.78 is 13.7. The third-order valence-corrected chi connectivity index (χ3v) is 3.19. The zero-order chi connectivity index (χ0) is 13.1.